The number of benzene rings is 1. The van der Waals surface area contributed by atoms with Gasteiger partial charge in [-0.05, 0) is 31.4 Å². The quantitative estimate of drug-likeness (QED) is 0.822. The van der Waals surface area contributed by atoms with E-state index in [1.54, 1.807) is 18.2 Å². The van der Waals surface area contributed by atoms with Crippen molar-refractivity contribution in [2.45, 2.75) is 40.7 Å². The Bertz CT molecular complexity index is 450. The molecular weight excluding hydrogens is 240 g/mol. The molecule has 1 amide bonds. The lowest BCUT2D eigenvalue weighted by atomic mass is 9.88. The van der Waals surface area contributed by atoms with Gasteiger partial charge >= 0.3 is 0 Å². The van der Waals surface area contributed by atoms with E-state index in [0.29, 0.717) is 23.6 Å². The fourth-order valence-electron chi connectivity index (χ4n) is 1.55. The molecule has 3 N–H and O–H groups in total. The molecule has 0 aromatic heterocycles. The number of nitrogens with one attached hydrogen (secondary N) is 1. The average Bonchev–Trinajstić information content (AvgIpc) is 2.27. The summed E-state index contributed by atoms with van der Waals surface area (Å²) in [5.74, 6) is 0.338. The van der Waals surface area contributed by atoms with Crippen LogP contribution in [-0.2, 0) is 0 Å². The summed E-state index contributed by atoms with van der Waals surface area (Å²) >= 11 is 0. The molecule has 0 spiro atoms. The van der Waals surface area contributed by atoms with Gasteiger partial charge in [0.25, 0.3) is 5.91 Å². The highest BCUT2D eigenvalue weighted by Crippen LogP contribution is 2.26. The van der Waals surface area contributed by atoms with Crippen LogP contribution in [0.1, 0.15) is 45.0 Å². The first-order valence-corrected chi connectivity index (χ1v) is 6.59. The highest BCUT2D eigenvalue weighted by atomic mass is 16.5. The van der Waals surface area contributed by atoms with Crippen molar-refractivity contribution in [2.75, 3.05) is 12.3 Å². The van der Waals surface area contributed by atoms with Gasteiger partial charge in [-0.25, -0.2) is 0 Å². The fraction of sp³-hybridized carbons (Fsp3) is 0.533. The van der Waals surface area contributed by atoms with Crippen LogP contribution in [0, 0.1) is 5.41 Å². The van der Waals surface area contributed by atoms with Gasteiger partial charge in [-0.1, -0.05) is 26.8 Å². The van der Waals surface area contributed by atoms with Gasteiger partial charge in [0.2, 0.25) is 0 Å². The number of hydrogen-bond acceptors (Lipinski definition) is 3. The van der Waals surface area contributed by atoms with Crippen molar-refractivity contribution in [3.05, 3.63) is 23.8 Å². The molecule has 1 rings (SSSR count). The molecule has 1 atom stereocenters. The van der Waals surface area contributed by atoms with Crippen LogP contribution in [-0.4, -0.2) is 18.6 Å². The number of nitrogens with two attached hydrogens (primary N) is 1. The SMILES string of the molecule is CCOc1cccc(N)c1C(=O)NC(C)C(C)(C)C. The van der Waals surface area contributed by atoms with E-state index >= 15 is 0 Å². The monoisotopic (exact) mass is 264 g/mol. The second kappa shape index (κ2) is 5.95. The molecule has 106 valence electrons. The van der Waals surface area contributed by atoms with Crippen molar-refractivity contribution in [1.29, 1.82) is 0 Å². The molecule has 1 aromatic rings. The van der Waals surface area contributed by atoms with E-state index in [2.05, 4.69) is 26.1 Å². The Morgan fingerprint density at radius 2 is 2.05 bits per heavy atom. The Balaban J connectivity index is 2.99. The average molecular weight is 264 g/mol. The van der Waals surface area contributed by atoms with Crippen LogP contribution in [0.15, 0.2) is 18.2 Å². The zero-order valence-corrected chi connectivity index (χ0v) is 12.4. The standard InChI is InChI=1S/C15H24N2O2/c1-6-19-12-9-7-8-11(16)13(12)14(18)17-10(2)15(3,4)5/h7-10H,6,16H2,1-5H3,(H,17,18). The number of anilines is 1. The van der Waals surface area contributed by atoms with E-state index in [0.717, 1.165) is 0 Å². The molecule has 0 bridgehead atoms. The predicted molar refractivity (Wildman–Crippen MR) is 78.4 cm³/mol. The molecule has 0 aliphatic rings. The van der Waals surface area contributed by atoms with Crippen LogP contribution in [0.25, 0.3) is 0 Å². The maximum Gasteiger partial charge on any atom is 0.257 e. The number of carbonyl (C=O) groups excluding carboxylic acids is 1. The highest BCUT2D eigenvalue weighted by Gasteiger charge is 2.24. The molecule has 4 nitrogen and oxygen atoms in total. The predicted octanol–water partition coefficient (Wildman–Crippen LogP) is 2.83. The molecule has 0 saturated carbocycles. The van der Waals surface area contributed by atoms with E-state index in [1.807, 2.05) is 13.8 Å². The lowest BCUT2D eigenvalue weighted by molar-refractivity contribution is 0.0907. The van der Waals surface area contributed by atoms with Gasteiger partial charge in [0, 0.05) is 11.7 Å². The van der Waals surface area contributed by atoms with Crippen LogP contribution < -0.4 is 15.8 Å². The first kappa shape index (κ1) is 15.3. The van der Waals surface area contributed by atoms with Crippen LogP contribution in [0.5, 0.6) is 5.75 Å². The van der Waals surface area contributed by atoms with Gasteiger partial charge in [0.05, 0.1) is 6.61 Å². The summed E-state index contributed by atoms with van der Waals surface area (Å²) < 4.78 is 5.47. The molecule has 1 unspecified atom stereocenters. The van der Waals surface area contributed by atoms with Gasteiger partial charge in [0.1, 0.15) is 11.3 Å². The highest BCUT2D eigenvalue weighted by molar-refractivity contribution is 6.02. The molecule has 0 fully saturated rings. The number of rotatable bonds is 4. The van der Waals surface area contributed by atoms with Crippen LogP contribution in [0.3, 0.4) is 0 Å². The first-order valence-electron chi connectivity index (χ1n) is 6.59. The summed E-state index contributed by atoms with van der Waals surface area (Å²) in [4.78, 5) is 12.3. The minimum Gasteiger partial charge on any atom is -0.493 e. The number of ether oxygens (including phenoxy) is 1. The van der Waals surface area contributed by atoms with Crippen molar-refractivity contribution in [1.82, 2.24) is 5.32 Å². The summed E-state index contributed by atoms with van der Waals surface area (Å²) in [5, 5.41) is 2.98. The van der Waals surface area contributed by atoms with E-state index in [1.165, 1.54) is 0 Å². The molecule has 0 aliphatic carbocycles. The lowest BCUT2D eigenvalue weighted by Gasteiger charge is -2.28. The van der Waals surface area contributed by atoms with E-state index in [9.17, 15) is 4.79 Å². The van der Waals surface area contributed by atoms with Crippen LogP contribution >= 0.6 is 0 Å². The molecule has 0 heterocycles. The lowest BCUT2D eigenvalue weighted by Crippen LogP contribution is -2.41. The largest absolute Gasteiger partial charge is 0.493 e. The third-order valence-corrected chi connectivity index (χ3v) is 3.23. The van der Waals surface area contributed by atoms with Crippen molar-refractivity contribution in [2.24, 2.45) is 5.41 Å². The van der Waals surface area contributed by atoms with E-state index < -0.39 is 0 Å². The van der Waals surface area contributed by atoms with Crippen molar-refractivity contribution in [3.63, 3.8) is 0 Å². The molecule has 0 radical (unpaired) electrons. The third-order valence-electron chi connectivity index (χ3n) is 3.23. The maximum atomic E-state index is 12.3. The van der Waals surface area contributed by atoms with Crippen LogP contribution in [0.4, 0.5) is 5.69 Å². The molecule has 1 aromatic carbocycles. The molecule has 0 saturated heterocycles. The normalized spacial score (nSPS) is 12.9. The van der Waals surface area contributed by atoms with Gasteiger partial charge in [-0.15, -0.1) is 0 Å². The van der Waals surface area contributed by atoms with Gasteiger partial charge < -0.3 is 15.8 Å². The van der Waals surface area contributed by atoms with E-state index in [-0.39, 0.29) is 17.4 Å². The number of nitrogen functional groups attached to an aromatic ring is 1. The number of carbonyl (C=O) groups is 1. The van der Waals surface area contributed by atoms with Gasteiger partial charge in [0.15, 0.2) is 0 Å². The fourth-order valence-corrected chi connectivity index (χ4v) is 1.55. The molecule has 0 aliphatic heterocycles. The third kappa shape index (κ3) is 3.88. The second-order valence-corrected chi connectivity index (χ2v) is 5.71. The zero-order valence-electron chi connectivity index (χ0n) is 12.4. The first-order chi connectivity index (χ1) is 8.77. The Hall–Kier alpha value is -1.71. The van der Waals surface area contributed by atoms with Crippen molar-refractivity contribution < 1.29 is 9.53 Å². The zero-order chi connectivity index (χ0) is 14.6. The molecule has 19 heavy (non-hydrogen) atoms. The second-order valence-electron chi connectivity index (χ2n) is 5.71. The Kier molecular flexibility index (Phi) is 4.81. The smallest absolute Gasteiger partial charge is 0.257 e. The Morgan fingerprint density at radius 1 is 1.42 bits per heavy atom. The minimum atomic E-state index is -0.191. The van der Waals surface area contributed by atoms with Crippen molar-refractivity contribution >= 4 is 11.6 Å². The van der Waals surface area contributed by atoms with Gasteiger partial charge in [-0.2, -0.15) is 0 Å². The van der Waals surface area contributed by atoms with Crippen LogP contribution in [0.2, 0.25) is 0 Å². The minimum absolute atomic E-state index is 0.00895. The summed E-state index contributed by atoms with van der Waals surface area (Å²) in [5.41, 5.74) is 6.74. The number of hydrogen-bond donors (Lipinski definition) is 2. The topological polar surface area (TPSA) is 64.3 Å². The molecular formula is C15H24N2O2. The summed E-state index contributed by atoms with van der Waals surface area (Å²) in [6.45, 7) is 10.6. The Morgan fingerprint density at radius 3 is 2.58 bits per heavy atom. The summed E-state index contributed by atoms with van der Waals surface area (Å²) in [7, 11) is 0. The molecule has 4 heteroatoms. The maximum absolute atomic E-state index is 12.3. The number of amides is 1. The summed E-state index contributed by atoms with van der Waals surface area (Å²) in [6.07, 6.45) is 0. The van der Waals surface area contributed by atoms with Crippen molar-refractivity contribution in [3.8, 4) is 5.75 Å². The van der Waals surface area contributed by atoms with Gasteiger partial charge in [-0.3, -0.25) is 4.79 Å². The Labute approximate surface area is 115 Å². The summed E-state index contributed by atoms with van der Waals surface area (Å²) in [6, 6.07) is 5.29. The van der Waals surface area contributed by atoms with E-state index in [4.69, 9.17) is 10.5 Å².